The summed E-state index contributed by atoms with van der Waals surface area (Å²) in [5, 5.41) is 9.82. The van der Waals surface area contributed by atoms with Crippen molar-refractivity contribution in [3.63, 3.8) is 0 Å². The number of aliphatic hydroxyl groups excluding tert-OH is 1. The van der Waals surface area contributed by atoms with Crippen molar-refractivity contribution in [2.75, 3.05) is 4.90 Å². The molecule has 0 saturated carbocycles. The Bertz CT molecular complexity index is 1030. The highest BCUT2D eigenvalue weighted by molar-refractivity contribution is 5.98. The van der Waals surface area contributed by atoms with Crippen molar-refractivity contribution >= 4 is 23.1 Å². The quantitative estimate of drug-likeness (QED) is 0.690. The van der Waals surface area contributed by atoms with Gasteiger partial charge in [0.1, 0.15) is 12.3 Å². The molecule has 1 atom stereocenters. The van der Waals surface area contributed by atoms with E-state index >= 15 is 0 Å². The molecule has 0 amide bonds. The van der Waals surface area contributed by atoms with Gasteiger partial charge in [-0.2, -0.15) is 0 Å². The Morgan fingerprint density at radius 3 is 2.43 bits per heavy atom. The monoisotopic (exact) mass is 368 g/mol. The molecule has 0 aliphatic carbocycles. The number of anilines is 1. The molecule has 138 valence electrons. The van der Waals surface area contributed by atoms with Crippen LogP contribution >= 0.6 is 0 Å². The number of aldehydes is 1. The third-order valence-electron chi connectivity index (χ3n) is 4.85. The minimum absolute atomic E-state index is 0.0902. The number of benzene rings is 2. The lowest BCUT2D eigenvalue weighted by Gasteiger charge is -2.33. The molecular weight excluding hydrogens is 348 g/mol. The minimum Gasteiger partial charge on any atom is -0.392 e. The molecule has 4 rings (SSSR count). The highest BCUT2D eigenvalue weighted by Crippen LogP contribution is 2.35. The smallest absolute Gasteiger partial charge is 0.147 e. The van der Waals surface area contributed by atoms with Crippen LogP contribution in [0.4, 0.5) is 5.69 Å². The van der Waals surface area contributed by atoms with Gasteiger partial charge in [-0.15, -0.1) is 0 Å². The maximum atomic E-state index is 12.2. The van der Waals surface area contributed by atoms with E-state index < -0.39 is 6.04 Å². The first-order chi connectivity index (χ1) is 13.8. The van der Waals surface area contributed by atoms with Crippen LogP contribution in [0.2, 0.25) is 0 Å². The van der Waals surface area contributed by atoms with Crippen LogP contribution in [0, 0.1) is 0 Å². The number of allylic oxidation sites excluding steroid dienone is 2. The largest absolute Gasteiger partial charge is 0.392 e. The molecule has 4 heteroatoms. The number of nitrogens with zero attached hydrogens (tertiary/aromatic N) is 2. The van der Waals surface area contributed by atoms with Gasteiger partial charge in [-0.25, -0.2) is 0 Å². The second-order valence-electron chi connectivity index (χ2n) is 6.54. The third-order valence-corrected chi connectivity index (χ3v) is 4.85. The highest BCUT2D eigenvalue weighted by atomic mass is 16.3. The van der Waals surface area contributed by atoms with E-state index in [1.165, 1.54) is 0 Å². The molecule has 28 heavy (non-hydrogen) atoms. The molecule has 2 aromatic carbocycles. The highest BCUT2D eigenvalue weighted by Gasteiger charge is 2.28. The van der Waals surface area contributed by atoms with Gasteiger partial charge in [-0.3, -0.25) is 4.98 Å². The molecule has 0 radical (unpaired) electrons. The van der Waals surface area contributed by atoms with E-state index in [0.29, 0.717) is 0 Å². The number of hydrogen-bond acceptors (Lipinski definition) is 4. The lowest BCUT2D eigenvalue weighted by atomic mass is 9.89. The number of carbonyl (C=O) groups is 1. The molecule has 0 spiro atoms. The number of aliphatic hydroxyl groups is 1. The van der Waals surface area contributed by atoms with Crippen LogP contribution in [-0.2, 0) is 11.4 Å². The number of carbonyl (C=O) groups excluding carboxylic acids is 1. The van der Waals surface area contributed by atoms with Crippen molar-refractivity contribution in [1.29, 1.82) is 0 Å². The molecule has 1 N–H and O–H groups in total. The van der Waals surface area contributed by atoms with E-state index in [1.807, 2.05) is 90.0 Å². The number of para-hydroxylation sites is 1. The lowest BCUT2D eigenvalue weighted by molar-refractivity contribution is -0.107. The summed E-state index contributed by atoms with van der Waals surface area (Å²) >= 11 is 0. The first-order valence-electron chi connectivity index (χ1n) is 9.14. The van der Waals surface area contributed by atoms with E-state index in [0.717, 1.165) is 39.9 Å². The van der Waals surface area contributed by atoms with Gasteiger partial charge in [0, 0.05) is 23.7 Å². The van der Waals surface area contributed by atoms with Gasteiger partial charge in [-0.05, 0) is 47.0 Å². The van der Waals surface area contributed by atoms with Gasteiger partial charge in [0.2, 0.25) is 0 Å². The molecule has 1 aliphatic heterocycles. The predicted molar refractivity (Wildman–Crippen MR) is 111 cm³/mol. The summed E-state index contributed by atoms with van der Waals surface area (Å²) in [6.07, 6.45) is 6.65. The number of rotatable bonds is 5. The van der Waals surface area contributed by atoms with Crippen molar-refractivity contribution < 1.29 is 9.90 Å². The lowest BCUT2D eigenvalue weighted by Crippen LogP contribution is -2.36. The Morgan fingerprint density at radius 1 is 0.964 bits per heavy atom. The zero-order valence-corrected chi connectivity index (χ0v) is 15.3. The van der Waals surface area contributed by atoms with Crippen LogP contribution in [0.15, 0.2) is 91.3 Å². The average molecular weight is 368 g/mol. The topological polar surface area (TPSA) is 53.4 Å². The van der Waals surface area contributed by atoms with E-state index in [1.54, 1.807) is 6.20 Å². The molecule has 0 saturated heterocycles. The summed E-state index contributed by atoms with van der Waals surface area (Å²) < 4.78 is 0. The normalized spacial score (nSPS) is 16.3. The molecule has 1 unspecified atom stereocenters. The Labute approximate surface area is 164 Å². The maximum absolute atomic E-state index is 12.2. The average Bonchev–Trinajstić information content (AvgIpc) is 2.79. The van der Waals surface area contributed by atoms with Crippen LogP contribution in [0.3, 0.4) is 0 Å². The minimum atomic E-state index is -0.498. The van der Waals surface area contributed by atoms with Gasteiger partial charge in [0.15, 0.2) is 0 Å². The maximum Gasteiger partial charge on any atom is 0.147 e. The van der Waals surface area contributed by atoms with Crippen molar-refractivity contribution in [2.24, 2.45) is 0 Å². The van der Waals surface area contributed by atoms with E-state index in [9.17, 15) is 9.90 Å². The zero-order chi connectivity index (χ0) is 19.3. The number of aromatic nitrogens is 1. The molecule has 1 aromatic heterocycles. The van der Waals surface area contributed by atoms with Gasteiger partial charge >= 0.3 is 0 Å². The summed E-state index contributed by atoms with van der Waals surface area (Å²) in [5.41, 5.74) is 5.14. The van der Waals surface area contributed by atoms with Gasteiger partial charge < -0.3 is 14.8 Å². The third kappa shape index (κ3) is 3.38. The summed E-state index contributed by atoms with van der Waals surface area (Å²) in [7, 11) is 0. The fourth-order valence-electron chi connectivity index (χ4n) is 3.49. The second-order valence-corrected chi connectivity index (χ2v) is 6.54. The molecule has 0 fully saturated rings. The van der Waals surface area contributed by atoms with Crippen molar-refractivity contribution in [3.05, 3.63) is 108 Å². The van der Waals surface area contributed by atoms with Crippen LogP contribution < -0.4 is 4.90 Å². The van der Waals surface area contributed by atoms with Crippen molar-refractivity contribution in [2.45, 2.75) is 12.6 Å². The van der Waals surface area contributed by atoms with E-state index in [2.05, 4.69) is 4.98 Å². The van der Waals surface area contributed by atoms with Crippen LogP contribution in [0.1, 0.15) is 16.8 Å². The molecular formula is C24H20N2O2. The number of pyridine rings is 1. The second kappa shape index (κ2) is 8.03. The first-order valence-corrected chi connectivity index (χ1v) is 9.14. The summed E-state index contributed by atoms with van der Waals surface area (Å²) in [6.45, 7) is -0.0902. The van der Waals surface area contributed by atoms with E-state index in [4.69, 9.17) is 0 Å². The fourth-order valence-corrected chi connectivity index (χ4v) is 3.49. The first kappa shape index (κ1) is 17.9. The summed E-state index contributed by atoms with van der Waals surface area (Å²) in [5.74, 6) is 0. The summed E-state index contributed by atoms with van der Waals surface area (Å²) in [6, 6.07) is 22.7. The molecule has 2 heterocycles. The van der Waals surface area contributed by atoms with Crippen molar-refractivity contribution in [3.8, 4) is 0 Å². The number of hydrogen-bond donors (Lipinski definition) is 1. The Hall–Kier alpha value is -3.50. The van der Waals surface area contributed by atoms with E-state index in [-0.39, 0.29) is 6.61 Å². The Balaban J connectivity index is 1.91. The SMILES string of the molecule is O=CC1C(c2ccccc2CO)=CC(c2ccccn2)=CN1c1ccccc1. The van der Waals surface area contributed by atoms with Gasteiger partial charge in [0.25, 0.3) is 0 Å². The summed E-state index contributed by atoms with van der Waals surface area (Å²) in [4.78, 5) is 18.6. The Morgan fingerprint density at radius 2 is 1.71 bits per heavy atom. The van der Waals surface area contributed by atoms with Crippen LogP contribution in [-0.4, -0.2) is 22.4 Å². The standard InChI is InChI=1S/C24H20N2O2/c27-16-18-8-4-5-11-21(18)22-14-19(23-12-6-7-13-25-23)15-26(24(22)17-28)20-9-2-1-3-10-20/h1-15,17,24,27H,16H2. The molecule has 4 nitrogen and oxygen atoms in total. The zero-order valence-electron chi connectivity index (χ0n) is 15.3. The van der Waals surface area contributed by atoms with Gasteiger partial charge in [0.05, 0.1) is 12.3 Å². The van der Waals surface area contributed by atoms with Gasteiger partial charge in [-0.1, -0.05) is 48.5 Å². The molecule has 0 bridgehead atoms. The Kier molecular flexibility index (Phi) is 5.13. The molecule has 1 aliphatic rings. The van der Waals surface area contributed by atoms with Crippen molar-refractivity contribution in [1.82, 2.24) is 4.98 Å². The predicted octanol–water partition coefficient (Wildman–Crippen LogP) is 4.09. The fraction of sp³-hybridized carbons (Fsp3) is 0.0833. The van der Waals surface area contributed by atoms with Crippen LogP contribution in [0.5, 0.6) is 0 Å². The van der Waals surface area contributed by atoms with Crippen LogP contribution in [0.25, 0.3) is 11.1 Å². The molecule has 3 aromatic rings.